The van der Waals surface area contributed by atoms with Crippen LogP contribution in [-0.2, 0) is 0 Å². The van der Waals surface area contributed by atoms with Gasteiger partial charge in [0.1, 0.15) is 0 Å². The maximum absolute atomic E-state index is 4.40. The molecule has 0 radical (unpaired) electrons. The first-order chi connectivity index (χ1) is 9.59. The van der Waals surface area contributed by atoms with Gasteiger partial charge in [-0.3, -0.25) is 0 Å². The van der Waals surface area contributed by atoms with Crippen LogP contribution in [0.1, 0.15) is 78.6 Å². The third-order valence-electron chi connectivity index (χ3n) is 6.06. The number of hydrogen-bond acceptors (Lipinski definition) is 0. The Labute approximate surface area is 127 Å². The van der Waals surface area contributed by atoms with Crippen molar-refractivity contribution < 1.29 is 0 Å². The van der Waals surface area contributed by atoms with Crippen LogP contribution >= 0.6 is 0 Å². The minimum atomic E-state index is 0.584. The minimum absolute atomic E-state index is 0.584. The lowest BCUT2D eigenvalue weighted by Crippen LogP contribution is -2.44. The van der Waals surface area contributed by atoms with E-state index in [-0.39, 0.29) is 0 Å². The summed E-state index contributed by atoms with van der Waals surface area (Å²) in [5, 5.41) is 0. The molecule has 0 bridgehead atoms. The Kier molecular flexibility index (Phi) is 7.06. The molecule has 0 aromatic carbocycles. The maximum Gasteiger partial charge on any atom is -0.0149 e. The molecule has 2 rings (SSSR count). The quantitative estimate of drug-likeness (QED) is 0.496. The van der Waals surface area contributed by atoms with Crippen LogP contribution in [0.5, 0.6) is 0 Å². The molecular weight excluding hydrogens is 240 g/mol. The molecule has 2 aliphatic carbocycles. The lowest BCUT2D eigenvalue weighted by molar-refractivity contribution is -0.000902. The van der Waals surface area contributed by atoms with Gasteiger partial charge >= 0.3 is 0 Å². The highest BCUT2D eigenvalue weighted by Crippen LogP contribution is 2.57. The zero-order valence-corrected chi connectivity index (χ0v) is 14.2. The van der Waals surface area contributed by atoms with Crippen molar-refractivity contribution in [2.45, 2.75) is 78.6 Å². The predicted molar refractivity (Wildman–Crippen MR) is 91.9 cm³/mol. The summed E-state index contributed by atoms with van der Waals surface area (Å²) in [6.45, 7) is 17.8. The van der Waals surface area contributed by atoms with Gasteiger partial charge < -0.3 is 0 Å². The number of allylic oxidation sites excluding steroid dienone is 1. The van der Waals surface area contributed by atoms with Gasteiger partial charge in [-0.05, 0) is 55.3 Å². The first-order valence-electron chi connectivity index (χ1n) is 8.77. The minimum Gasteiger partial charge on any atom is -0.106 e. The zero-order chi connectivity index (χ0) is 15.2. The van der Waals surface area contributed by atoms with Crippen LogP contribution in [0.4, 0.5) is 0 Å². The summed E-state index contributed by atoms with van der Waals surface area (Å²) in [4.78, 5) is 0. The summed E-state index contributed by atoms with van der Waals surface area (Å²) < 4.78 is 0. The van der Waals surface area contributed by atoms with Crippen LogP contribution in [0, 0.1) is 23.2 Å². The highest BCUT2D eigenvalue weighted by atomic mass is 14.5. The van der Waals surface area contributed by atoms with Crippen LogP contribution < -0.4 is 0 Å². The van der Waals surface area contributed by atoms with Crippen LogP contribution in [-0.4, -0.2) is 0 Å². The lowest BCUT2D eigenvalue weighted by Gasteiger charge is -2.53. The molecule has 20 heavy (non-hydrogen) atoms. The molecule has 116 valence electrons. The van der Waals surface area contributed by atoms with Crippen molar-refractivity contribution in [1.29, 1.82) is 0 Å². The van der Waals surface area contributed by atoms with Gasteiger partial charge in [0, 0.05) is 0 Å². The van der Waals surface area contributed by atoms with Gasteiger partial charge in [-0.15, -0.1) is 13.2 Å². The standard InChI is InChI=1S/C18H32.C2H4/c1-5-6-9-14(2)16-11-7-12-17-15(3)10-8-13-18(16,17)4;1-2/h14,16-17H,3,5-13H2,1-2,4H3;1-2H2. The Hall–Kier alpha value is -0.520. The number of hydrogen-bond donors (Lipinski definition) is 0. The normalized spacial score (nSPS) is 34.6. The number of unbranched alkanes of at least 4 members (excludes halogenated alkanes) is 1. The van der Waals surface area contributed by atoms with E-state index in [0.717, 1.165) is 17.8 Å². The molecule has 0 saturated heterocycles. The van der Waals surface area contributed by atoms with E-state index < -0.39 is 0 Å². The van der Waals surface area contributed by atoms with Crippen LogP contribution in [0.3, 0.4) is 0 Å². The van der Waals surface area contributed by atoms with E-state index in [2.05, 4.69) is 40.5 Å². The topological polar surface area (TPSA) is 0 Å². The van der Waals surface area contributed by atoms with Gasteiger partial charge in [0.2, 0.25) is 0 Å². The second kappa shape index (κ2) is 8.05. The second-order valence-corrected chi connectivity index (χ2v) is 7.23. The van der Waals surface area contributed by atoms with Crippen LogP contribution in [0.25, 0.3) is 0 Å². The predicted octanol–water partition coefficient (Wildman–Crippen LogP) is 6.78. The molecule has 4 unspecified atom stereocenters. The van der Waals surface area contributed by atoms with Crippen molar-refractivity contribution in [3.63, 3.8) is 0 Å². The SMILES string of the molecule is C=C.C=C1CCCC2(C)C1CCCC2C(C)CCCC. The van der Waals surface area contributed by atoms with E-state index in [4.69, 9.17) is 0 Å². The molecule has 0 heterocycles. The molecule has 2 saturated carbocycles. The Balaban J connectivity index is 0.000000956. The van der Waals surface area contributed by atoms with E-state index in [0.29, 0.717) is 5.41 Å². The van der Waals surface area contributed by atoms with E-state index in [1.54, 1.807) is 5.57 Å². The monoisotopic (exact) mass is 276 g/mol. The summed E-state index contributed by atoms with van der Waals surface area (Å²) >= 11 is 0. The molecule has 0 spiro atoms. The van der Waals surface area contributed by atoms with Gasteiger partial charge in [-0.1, -0.05) is 58.6 Å². The Morgan fingerprint density at radius 3 is 2.60 bits per heavy atom. The average molecular weight is 277 g/mol. The molecule has 0 N–H and O–H groups in total. The first-order valence-corrected chi connectivity index (χ1v) is 8.77. The van der Waals surface area contributed by atoms with Gasteiger partial charge in [-0.25, -0.2) is 0 Å². The van der Waals surface area contributed by atoms with E-state index in [1.807, 2.05) is 0 Å². The largest absolute Gasteiger partial charge is 0.106 e. The second-order valence-electron chi connectivity index (χ2n) is 7.23. The van der Waals surface area contributed by atoms with Crippen molar-refractivity contribution in [3.05, 3.63) is 25.3 Å². The third kappa shape index (κ3) is 3.57. The van der Waals surface area contributed by atoms with Gasteiger partial charge in [0.15, 0.2) is 0 Å². The zero-order valence-electron chi connectivity index (χ0n) is 14.2. The number of fused-ring (bicyclic) bond motifs is 1. The van der Waals surface area contributed by atoms with Crippen molar-refractivity contribution in [1.82, 2.24) is 0 Å². The summed E-state index contributed by atoms with van der Waals surface area (Å²) in [5.74, 6) is 2.72. The average Bonchev–Trinajstić information content (AvgIpc) is 2.46. The summed E-state index contributed by atoms with van der Waals surface area (Å²) in [6, 6.07) is 0. The lowest BCUT2D eigenvalue weighted by atomic mass is 9.51. The molecule has 2 aliphatic rings. The molecule has 0 heteroatoms. The fourth-order valence-corrected chi connectivity index (χ4v) is 5.02. The molecule has 0 amide bonds. The van der Waals surface area contributed by atoms with Gasteiger partial charge in [0.25, 0.3) is 0 Å². The Bertz CT molecular complexity index is 303. The fourth-order valence-electron chi connectivity index (χ4n) is 5.02. The molecule has 2 fully saturated rings. The molecule has 0 aromatic heterocycles. The third-order valence-corrected chi connectivity index (χ3v) is 6.06. The van der Waals surface area contributed by atoms with Crippen molar-refractivity contribution >= 4 is 0 Å². The van der Waals surface area contributed by atoms with E-state index in [1.165, 1.54) is 57.8 Å². The van der Waals surface area contributed by atoms with Gasteiger partial charge in [-0.2, -0.15) is 0 Å². The Morgan fingerprint density at radius 2 is 1.95 bits per heavy atom. The Morgan fingerprint density at radius 1 is 1.25 bits per heavy atom. The first kappa shape index (κ1) is 17.5. The van der Waals surface area contributed by atoms with Crippen LogP contribution in [0.15, 0.2) is 25.3 Å². The number of rotatable bonds is 4. The maximum atomic E-state index is 4.40. The van der Waals surface area contributed by atoms with Crippen LogP contribution in [0.2, 0.25) is 0 Å². The molecule has 4 atom stereocenters. The summed E-state index contributed by atoms with van der Waals surface area (Å²) in [6.07, 6.45) is 12.7. The molecular formula is C20H36. The van der Waals surface area contributed by atoms with E-state index >= 15 is 0 Å². The molecule has 0 aliphatic heterocycles. The fraction of sp³-hybridized carbons (Fsp3) is 0.800. The highest BCUT2D eigenvalue weighted by molar-refractivity contribution is 5.13. The summed E-state index contributed by atoms with van der Waals surface area (Å²) in [5.41, 5.74) is 2.16. The highest BCUT2D eigenvalue weighted by Gasteiger charge is 2.47. The summed E-state index contributed by atoms with van der Waals surface area (Å²) in [7, 11) is 0. The molecule has 0 nitrogen and oxygen atoms in total. The van der Waals surface area contributed by atoms with Crippen molar-refractivity contribution in [2.75, 3.05) is 0 Å². The van der Waals surface area contributed by atoms with Crippen molar-refractivity contribution in [3.8, 4) is 0 Å². The molecule has 0 aromatic rings. The van der Waals surface area contributed by atoms with Crippen molar-refractivity contribution in [2.24, 2.45) is 23.2 Å². The van der Waals surface area contributed by atoms with E-state index in [9.17, 15) is 0 Å². The smallest absolute Gasteiger partial charge is 0.0149 e. The van der Waals surface area contributed by atoms with Gasteiger partial charge in [0.05, 0.1) is 0 Å².